The fraction of sp³-hybridized carbons (Fsp3) is 0.636. The molecule has 2 atom stereocenters. The Hall–Kier alpha value is -1.00. The lowest BCUT2D eigenvalue weighted by molar-refractivity contribution is 0.0496. The molecule has 0 aliphatic carbocycles. The minimum Gasteiger partial charge on any atom is -0.371 e. The van der Waals surface area contributed by atoms with E-state index in [0.717, 1.165) is 18.8 Å². The largest absolute Gasteiger partial charge is 0.371 e. The molecule has 1 N–H and O–H groups in total. The van der Waals surface area contributed by atoms with Gasteiger partial charge in [-0.1, -0.05) is 0 Å². The minimum absolute atomic E-state index is 0.0288. The fourth-order valence-electron chi connectivity index (χ4n) is 1.77. The first kappa shape index (κ1) is 10.5. The van der Waals surface area contributed by atoms with Crippen LogP contribution in [0.4, 0.5) is 0 Å². The van der Waals surface area contributed by atoms with Gasteiger partial charge in [0.2, 0.25) is 0 Å². The van der Waals surface area contributed by atoms with E-state index in [-0.39, 0.29) is 6.10 Å². The van der Waals surface area contributed by atoms with Crippen molar-refractivity contribution in [3.63, 3.8) is 0 Å². The molecule has 0 amide bonds. The predicted molar refractivity (Wildman–Crippen MR) is 57.4 cm³/mol. The molecule has 0 bridgehead atoms. The van der Waals surface area contributed by atoms with Crippen molar-refractivity contribution < 1.29 is 4.74 Å². The monoisotopic (exact) mass is 207 g/mol. The van der Waals surface area contributed by atoms with Gasteiger partial charge in [0.1, 0.15) is 0 Å². The van der Waals surface area contributed by atoms with Crippen molar-refractivity contribution in [1.29, 1.82) is 0 Å². The van der Waals surface area contributed by atoms with Gasteiger partial charge < -0.3 is 10.1 Å². The normalized spacial score (nSPS) is 22.9. The van der Waals surface area contributed by atoms with Crippen molar-refractivity contribution in [2.24, 2.45) is 0 Å². The lowest BCUT2D eigenvalue weighted by Gasteiger charge is -2.15. The van der Waals surface area contributed by atoms with Crippen molar-refractivity contribution in [3.8, 4) is 0 Å². The fourth-order valence-corrected chi connectivity index (χ4v) is 1.77. The molecule has 1 aromatic rings. The molecule has 1 aliphatic heterocycles. The van der Waals surface area contributed by atoms with Gasteiger partial charge in [-0.3, -0.25) is 9.97 Å². The number of aromatic nitrogens is 2. The maximum atomic E-state index is 5.75. The van der Waals surface area contributed by atoms with E-state index in [0.29, 0.717) is 6.04 Å². The average molecular weight is 207 g/mol. The van der Waals surface area contributed by atoms with Crippen molar-refractivity contribution in [3.05, 3.63) is 24.3 Å². The maximum Gasteiger partial charge on any atom is 0.0982 e. The van der Waals surface area contributed by atoms with E-state index < -0.39 is 0 Å². The zero-order valence-corrected chi connectivity index (χ0v) is 9.02. The highest BCUT2D eigenvalue weighted by Crippen LogP contribution is 2.14. The number of hydrogen-bond acceptors (Lipinski definition) is 4. The van der Waals surface area contributed by atoms with Crippen LogP contribution in [0.2, 0.25) is 0 Å². The van der Waals surface area contributed by atoms with Crippen LogP contribution in [0, 0.1) is 0 Å². The maximum absolute atomic E-state index is 5.75. The summed E-state index contributed by atoms with van der Waals surface area (Å²) < 4.78 is 5.75. The van der Waals surface area contributed by atoms with E-state index in [1.807, 2.05) is 6.92 Å². The average Bonchev–Trinajstić information content (AvgIpc) is 2.80. The molecule has 0 aromatic carbocycles. The second kappa shape index (κ2) is 5.19. The molecule has 1 fully saturated rings. The van der Waals surface area contributed by atoms with Crippen LogP contribution in [-0.4, -0.2) is 29.2 Å². The van der Waals surface area contributed by atoms with Crippen LogP contribution in [0.15, 0.2) is 18.6 Å². The van der Waals surface area contributed by atoms with Crippen molar-refractivity contribution in [2.45, 2.75) is 31.9 Å². The summed E-state index contributed by atoms with van der Waals surface area (Å²) in [5, 5.41) is 3.40. The van der Waals surface area contributed by atoms with Gasteiger partial charge >= 0.3 is 0 Å². The van der Waals surface area contributed by atoms with E-state index in [1.54, 1.807) is 18.6 Å². The summed E-state index contributed by atoms with van der Waals surface area (Å²) in [6.45, 7) is 3.89. The molecule has 1 aromatic heterocycles. The summed E-state index contributed by atoms with van der Waals surface area (Å²) in [5.41, 5.74) is 0.899. The molecule has 2 heterocycles. The minimum atomic E-state index is 0.0288. The Bertz CT molecular complexity index is 285. The van der Waals surface area contributed by atoms with Crippen molar-refractivity contribution >= 4 is 0 Å². The predicted octanol–water partition coefficient (Wildman–Crippen LogP) is 1.31. The number of nitrogens with zero attached hydrogens (tertiary/aromatic N) is 2. The Morgan fingerprint density at radius 3 is 3.20 bits per heavy atom. The molecule has 82 valence electrons. The summed E-state index contributed by atoms with van der Waals surface area (Å²) in [7, 11) is 0. The van der Waals surface area contributed by atoms with E-state index in [2.05, 4.69) is 15.3 Å². The first-order valence-corrected chi connectivity index (χ1v) is 5.47. The Kier molecular flexibility index (Phi) is 3.64. The second-order valence-corrected chi connectivity index (χ2v) is 3.90. The summed E-state index contributed by atoms with van der Waals surface area (Å²) in [5.74, 6) is 0. The third-order valence-electron chi connectivity index (χ3n) is 2.71. The topological polar surface area (TPSA) is 47.0 Å². The highest BCUT2D eigenvalue weighted by atomic mass is 16.5. The quantitative estimate of drug-likeness (QED) is 0.808. The molecule has 0 spiro atoms. The van der Waals surface area contributed by atoms with Crippen LogP contribution < -0.4 is 5.32 Å². The Labute approximate surface area is 90.1 Å². The van der Waals surface area contributed by atoms with Crippen LogP contribution in [0.3, 0.4) is 0 Å². The van der Waals surface area contributed by atoms with E-state index in [4.69, 9.17) is 4.74 Å². The summed E-state index contributed by atoms with van der Waals surface area (Å²) in [6, 6.07) is 0.518. The molecular formula is C11H17N3O. The van der Waals surface area contributed by atoms with Crippen molar-refractivity contribution in [1.82, 2.24) is 15.3 Å². The standard InChI is InChI=1S/C11H17N3O/c1-9(11-7-12-5-6-14-11)15-8-10-3-2-4-13-10/h5-7,9-10,13H,2-4,8H2,1H3/t9-,10-/m0/s1. The SMILES string of the molecule is C[C@H](OC[C@@H]1CCCN1)c1cnccn1. The smallest absolute Gasteiger partial charge is 0.0982 e. The molecule has 0 saturated carbocycles. The number of hydrogen-bond donors (Lipinski definition) is 1. The van der Waals surface area contributed by atoms with Gasteiger partial charge in [-0.05, 0) is 26.3 Å². The van der Waals surface area contributed by atoms with Gasteiger partial charge in [0.25, 0.3) is 0 Å². The highest BCUT2D eigenvalue weighted by Gasteiger charge is 2.16. The van der Waals surface area contributed by atoms with E-state index in [9.17, 15) is 0 Å². The number of ether oxygens (including phenoxy) is 1. The summed E-state index contributed by atoms with van der Waals surface area (Å²) in [6.07, 6.45) is 7.63. The molecule has 0 unspecified atom stereocenters. The Balaban J connectivity index is 1.79. The molecule has 2 rings (SSSR count). The number of rotatable bonds is 4. The molecule has 4 heteroatoms. The van der Waals surface area contributed by atoms with Crippen molar-refractivity contribution in [2.75, 3.05) is 13.2 Å². The number of nitrogens with one attached hydrogen (secondary N) is 1. The van der Waals surface area contributed by atoms with Gasteiger partial charge in [0, 0.05) is 18.4 Å². The van der Waals surface area contributed by atoms with E-state index in [1.165, 1.54) is 12.8 Å². The van der Waals surface area contributed by atoms with E-state index >= 15 is 0 Å². The molecule has 15 heavy (non-hydrogen) atoms. The van der Waals surface area contributed by atoms with Gasteiger partial charge in [-0.15, -0.1) is 0 Å². The van der Waals surface area contributed by atoms with Gasteiger partial charge in [-0.2, -0.15) is 0 Å². The van der Waals surface area contributed by atoms with Gasteiger partial charge in [-0.25, -0.2) is 0 Å². The van der Waals surface area contributed by atoms with Crippen LogP contribution in [0.25, 0.3) is 0 Å². The third-order valence-corrected chi connectivity index (χ3v) is 2.71. The molecule has 1 saturated heterocycles. The first-order valence-electron chi connectivity index (χ1n) is 5.47. The van der Waals surface area contributed by atoms with Crippen LogP contribution in [0.5, 0.6) is 0 Å². The Morgan fingerprint density at radius 2 is 2.53 bits per heavy atom. The molecule has 1 aliphatic rings. The second-order valence-electron chi connectivity index (χ2n) is 3.90. The van der Waals surface area contributed by atoms with Crippen LogP contribution >= 0.6 is 0 Å². The zero-order chi connectivity index (χ0) is 10.5. The molecular weight excluding hydrogens is 190 g/mol. The summed E-state index contributed by atoms with van der Waals surface area (Å²) in [4.78, 5) is 8.24. The van der Waals surface area contributed by atoms with Crippen LogP contribution in [-0.2, 0) is 4.74 Å². The zero-order valence-electron chi connectivity index (χ0n) is 9.02. The molecule has 0 radical (unpaired) electrons. The Morgan fingerprint density at radius 1 is 1.60 bits per heavy atom. The first-order chi connectivity index (χ1) is 7.36. The third kappa shape index (κ3) is 2.97. The van der Waals surface area contributed by atoms with Crippen LogP contribution in [0.1, 0.15) is 31.6 Å². The molecule has 4 nitrogen and oxygen atoms in total. The lowest BCUT2D eigenvalue weighted by Crippen LogP contribution is -2.27. The van der Waals surface area contributed by atoms with Gasteiger partial charge in [0.15, 0.2) is 0 Å². The highest BCUT2D eigenvalue weighted by molar-refractivity contribution is 4.98. The van der Waals surface area contributed by atoms with Gasteiger partial charge in [0.05, 0.1) is 24.6 Å². The summed E-state index contributed by atoms with van der Waals surface area (Å²) >= 11 is 0. The lowest BCUT2D eigenvalue weighted by atomic mass is 10.2.